The van der Waals surface area contributed by atoms with Crippen LogP contribution in [0.1, 0.15) is 40.0 Å². The second-order valence-electron chi connectivity index (χ2n) is 5.48. The van der Waals surface area contributed by atoms with Gasteiger partial charge in [0.25, 0.3) is 0 Å². The van der Waals surface area contributed by atoms with Gasteiger partial charge in [0.2, 0.25) is 0 Å². The van der Waals surface area contributed by atoms with Crippen LogP contribution in [0.15, 0.2) is 0 Å². The van der Waals surface area contributed by atoms with Gasteiger partial charge in [-0.05, 0) is 53.2 Å². The van der Waals surface area contributed by atoms with Crippen molar-refractivity contribution in [2.45, 2.75) is 51.7 Å². The minimum absolute atomic E-state index is 0.203. The van der Waals surface area contributed by atoms with Crippen LogP contribution in [-0.2, 0) is 9.53 Å². The lowest BCUT2D eigenvalue weighted by atomic mass is 9.95. The summed E-state index contributed by atoms with van der Waals surface area (Å²) in [4.78, 5) is 13.5. The van der Waals surface area contributed by atoms with E-state index in [0.29, 0.717) is 6.42 Å². The molecule has 0 aromatic heterocycles. The van der Waals surface area contributed by atoms with Gasteiger partial charge in [-0.25, -0.2) is 0 Å². The van der Waals surface area contributed by atoms with Crippen LogP contribution < -0.4 is 5.32 Å². The topological polar surface area (TPSA) is 61.8 Å². The number of nitrogens with zero attached hydrogens (tertiary/aromatic N) is 1. The van der Waals surface area contributed by atoms with Crippen LogP contribution in [0.25, 0.3) is 0 Å². The summed E-state index contributed by atoms with van der Waals surface area (Å²) >= 11 is 0. The normalized spacial score (nSPS) is 16.3. The highest BCUT2D eigenvalue weighted by atomic mass is 16.5. The Balaban J connectivity index is 4.09. The zero-order chi connectivity index (χ0) is 14.9. The number of ether oxygens (including phenoxy) is 1. The van der Waals surface area contributed by atoms with E-state index in [2.05, 4.69) is 10.2 Å². The second-order valence-corrected chi connectivity index (χ2v) is 5.48. The number of hydrogen-bond donors (Lipinski definition) is 2. The largest absolute Gasteiger partial charge is 0.480 e. The Morgan fingerprint density at radius 3 is 2.63 bits per heavy atom. The molecule has 2 N–H and O–H groups in total. The summed E-state index contributed by atoms with van der Waals surface area (Å²) in [6, 6.07) is 0. The maximum atomic E-state index is 11.3. The fraction of sp³-hybridized carbons (Fsp3) is 0.929. The number of hydrogen-bond acceptors (Lipinski definition) is 4. The zero-order valence-electron chi connectivity index (χ0n) is 13.0. The Kier molecular flexibility index (Phi) is 8.97. The lowest BCUT2D eigenvalue weighted by molar-refractivity contribution is -0.144. The highest BCUT2D eigenvalue weighted by Gasteiger charge is 2.31. The molecule has 0 bridgehead atoms. The predicted molar refractivity (Wildman–Crippen MR) is 77.5 cm³/mol. The molecule has 2 atom stereocenters. The van der Waals surface area contributed by atoms with Gasteiger partial charge in [-0.3, -0.25) is 4.79 Å². The van der Waals surface area contributed by atoms with Crippen molar-refractivity contribution in [2.24, 2.45) is 0 Å². The number of carboxylic acid groups (broad SMARTS) is 1. The average molecular weight is 274 g/mol. The molecule has 0 saturated carbocycles. The van der Waals surface area contributed by atoms with Crippen molar-refractivity contribution >= 4 is 5.97 Å². The maximum absolute atomic E-state index is 11.3. The summed E-state index contributed by atoms with van der Waals surface area (Å²) < 4.78 is 5.21. The van der Waals surface area contributed by atoms with Crippen molar-refractivity contribution in [2.75, 3.05) is 33.8 Å². The monoisotopic (exact) mass is 274 g/mol. The van der Waals surface area contributed by atoms with Gasteiger partial charge in [-0.15, -0.1) is 0 Å². The van der Waals surface area contributed by atoms with Crippen LogP contribution in [-0.4, -0.2) is 61.4 Å². The fourth-order valence-electron chi connectivity index (χ4n) is 1.98. The molecule has 0 amide bonds. The standard InChI is InChI=1S/C14H30N2O3/c1-6-9-15-14(3,13(17)18)8-7-10-16(4)11-12(2)19-5/h12,15H,6-11H2,1-5H3,(H,17,18). The number of carbonyl (C=O) groups is 1. The Labute approximate surface area is 117 Å². The van der Waals surface area contributed by atoms with Crippen LogP contribution in [0.3, 0.4) is 0 Å². The fourth-order valence-corrected chi connectivity index (χ4v) is 1.98. The van der Waals surface area contributed by atoms with Gasteiger partial charge in [-0.2, -0.15) is 0 Å². The lowest BCUT2D eigenvalue weighted by Gasteiger charge is -2.27. The second kappa shape index (κ2) is 9.28. The Morgan fingerprint density at radius 1 is 1.53 bits per heavy atom. The molecule has 0 aromatic rings. The number of likely N-dealkylation sites (N-methyl/N-ethyl adjacent to an activating group) is 1. The molecule has 5 nitrogen and oxygen atoms in total. The number of rotatable bonds is 11. The first kappa shape index (κ1) is 18.4. The average Bonchev–Trinajstić information content (AvgIpc) is 2.35. The third-order valence-corrected chi connectivity index (χ3v) is 3.42. The summed E-state index contributed by atoms with van der Waals surface area (Å²) in [5, 5.41) is 12.4. The summed E-state index contributed by atoms with van der Waals surface area (Å²) in [6.45, 7) is 8.31. The summed E-state index contributed by atoms with van der Waals surface area (Å²) in [7, 11) is 3.74. The molecule has 0 aliphatic heterocycles. The van der Waals surface area contributed by atoms with E-state index >= 15 is 0 Å². The third kappa shape index (κ3) is 7.50. The van der Waals surface area contributed by atoms with Gasteiger partial charge in [0.15, 0.2) is 0 Å². The number of nitrogens with one attached hydrogen (secondary N) is 1. The van der Waals surface area contributed by atoms with Crippen molar-refractivity contribution in [1.29, 1.82) is 0 Å². The van der Waals surface area contributed by atoms with Crippen LogP contribution in [0, 0.1) is 0 Å². The minimum atomic E-state index is -0.816. The first-order chi connectivity index (χ1) is 8.85. The van der Waals surface area contributed by atoms with E-state index in [1.165, 1.54) is 0 Å². The molecule has 0 aliphatic rings. The smallest absolute Gasteiger partial charge is 0.323 e. The van der Waals surface area contributed by atoms with Gasteiger partial charge in [0.1, 0.15) is 5.54 Å². The van der Waals surface area contributed by atoms with E-state index in [1.54, 1.807) is 14.0 Å². The highest BCUT2D eigenvalue weighted by molar-refractivity contribution is 5.78. The van der Waals surface area contributed by atoms with E-state index in [1.807, 2.05) is 20.9 Å². The van der Waals surface area contributed by atoms with Gasteiger partial charge in [-0.1, -0.05) is 6.92 Å². The van der Waals surface area contributed by atoms with Gasteiger partial charge in [0.05, 0.1) is 6.10 Å². The number of carboxylic acids is 1. The zero-order valence-corrected chi connectivity index (χ0v) is 13.0. The number of methoxy groups -OCH3 is 1. The molecule has 0 saturated heterocycles. The van der Waals surface area contributed by atoms with E-state index in [9.17, 15) is 9.90 Å². The number of aliphatic carboxylic acids is 1. The Hall–Kier alpha value is -0.650. The van der Waals surface area contributed by atoms with E-state index in [0.717, 1.165) is 32.5 Å². The quantitative estimate of drug-likeness (QED) is 0.599. The molecular weight excluding hydrogens is 244 g/mol. The first-order valence-electron chi connectivity index (χ1n) is 7.05. The minimum Gasteiger partial charge on any atom is -0.480 e. The first-order valence-corrected chi connectivity index (χ1v) is 7.05. The predicted octanol–water partition coefficient (Wildman–Crippen LogP) is 1.58. The molecule has 114 valence electrons. The van der Waals surface area contributed by atoms with Crippen molar-refractivity contribution in [1.82, 2.24) is 10.2 Å². The van der Waals surface area contributed by atoms with Crippen molar-refractivity contribution in [3.05, 3.63) is 0 Å². The Bertz CT molecular complexity index is 261. The summed E-state index contributed by atoms with van der Waals surface area (Å²) in [6.07, 6.45) is 2.63. The van der Waals surface area contributed by atoms with Crippen molar-refractivity contribution in [3.63, 3.8) is 0 Å². The Morgan fingerprint density at radius 2 is 2.16 bits per heavy atom. The molecule has 0 aliphatic carbocycles. The molecule has 0 heterocycles. The van der Waals surface area contributed by atoms with Gasteiger partial charge < -0.3 is 20.1 Å². The molecule has 0 radical (unpaired) electrons. The molecule has 0 aromatic carbocycles. The van der Waals surface area contributed by atoms with Crippen LogP contribution in [0.4, 0.5) is 0 Å². The third-order valence-electron chi connectivity index (χ3n) is 3.42. The van der Waals surface area contributed by atoms with Gasteiger partial charge in [0, 0.05) is 13.7 Å². The van der Waals surface area contributed by atoms with E-state index in [-0.39, 0.29) is 6.10 Å². The molecule has 0 fully saturated rings. The maximum Gasteiger partial charge on any atom is 0.323 e. The van der Waals surface area contributed by atoms with E-state index < -0.39 is 11.5 Å². The van der Waals surface area contributed by atoms with Crippen LogP contribution >= 0.6 is 0 Å². The molecule has 5 heteroatoms. The molecule has 19 heavy (non-hydrogen) atoms. The molecule has 0 spiro atoms. The van der Waals surface area contributed by atoms with Crippen LogP contribution in [0.5, 0.6) is 0 Å². The molecular formula is C14H30N2O3. The highest BCUT2D eigenvalue weighted by Crippen LogP contribution is 2.13. The summed E-state index contributed by atoms with van der Waals surface area (Å²) in [5.41, 5.74) is -0.816. The summed E-state index contributed by atoms with van der Waals surface area (Å²) in [5.74, 6) is -0.770. The van der Waals surface area contributed by atoms with Crippen LogP contribution in [0.2, 0.25) is 0 Å². The van der Waals surface area contributed by atoms with E-state index in [4.69, 9.17) is 4.74 Å². The van der Waals surface area contributed by atoms with Crippen molar-refractivity contribution in [3.8, 4) is 0 Å². The van der Waals surface area contributed by atoms with Gasteiger partial charge >= 0.3 is 5.97 Å². The molecule has 0 rings (SSSR count). The van der Waals surface area contributed by atoms with Crippen molar-refractivity contribution < 1.29 is 14.6 Å². The lowest BCUT2D eigenvalue weighted by Crippen LogP contribution is -2.50. The molecule has 2 unspecified atom stereocenters. The SMILES string of the molecule is CCCNC(C)(CCCN(C)CC(C)OC)C(=O)O.